The summed E-state index contributed by atoms with van der Waals surface area (Å²) < 4.78 is 34.5. The van der Waals surface area contributed by atoms with Gasteiger partial charge in [0.05, 0.1) is 0 Å². The average molecular weight is 313 g/mol. The van der Waals surface area contributed by atoms with Crippen molar-refractivity contribution in [3.8, 4) is 11.5 Å². The second-order valence-corrected chi connectivity index (χ2v) is 4.92. The van der Waals surface area contributed by atoms with Crippen molar-refractivity contribution in [2.75, 3.05) is 18.4 Å². The molecule has 1 aromatic carbocycles. The van der Waals surface area contributed by atoms with Gasteiger partial charge in [-0.1, -0.05) is 0 Å². The molecule has 0 aromatic heterocycles. The van der Waals surface area contributed by atoms with Crippen LogP contribution in [0.3, 0.4) is 0 Å². The van der Waals surface area contributed by atoms with Crippen molar-refractivity contribution in [1.29, 1.82) is 0 Å². The van der Waals surface area contributed by atoms with E-state index in [2.05, 4.69) is 20.1 Å². The van der Waals surface area contributed by atoms with Crippen molar-refractivity contribution in [2.45, 2.75) is 19.3 Å². The maximum absolute atomic E-state index is 12.9. The van der Waals surface area contributed by atoms with Gasteiger partial charge in [0.2, 0.25) is 0 Å². The summed E-state index contributed by atoms with van der Waals surface area (Å²) in [5.41, 5.74) is 0.403. The molecule has 2 aliphatic rings. The smallest absolute Gasteiger partial charge is 0.395 e. The Morgan fingerprint density at radius 2 is 2.14 bits per heavy atom. The first-order valence-electron chi connectivity index (χ1n) is 6.61. The highest BCUT2D eigenvalue weighted by Gasteiger charge is 2.43. The predicted molar refractivity (Wildman–Crippen MR) is 70.8 cm³/mol. The molecular formula is C13H13F2N3O4. The van der Waals surface area contributed by atoms with Gasteiger partial charge < -0.3 is 20.1 Å². The van der Waals surface area contributed by atoms with Gasteiger partial charge >= 0.3 is 12.3 Å². The maximum Gasteiger partial charge on any atom is 0.586 e. The Kier molecular flexibility index (Phi) is 3.27. The summed E-state index contributed by atoms with van der Waals surface area (Å²) in [6, 6.07) is 2.97. The monoisotopic (exact) mass is 313 g/mol. The van der Waals surface area contributed by atoms with E-state index in [9.17, 15) is 18.4 Å². The van der Waals surface area contributed by atoms with Crippen LogP contribution in [-0.2, 0) is 4.79 Å². The molecule has 0 saturated carbocycles. The molecule has 2 heterocycles. The van der Waals surface area contributed by atoms with E-state index in [-0.39, 0.29) is 11.5 Å². The minimum Gasteiger partial charge on any atom is -0.395 e. The molecule has 1 saturated heterocycles. The van der Waals surface area contributed by atoms with E-state index in [0.29, 0.717) is 18.8 Å². The minimum atomic E-state index is -3.68. The first-order chi connectivity index (χ1) is 10.4. The molecule has 2 aliphatic heterocycles. The molecule has 0 spiro atoms. The second-order valence-electron chi connectivity index (χ2n) is 4.92. The number of nitrogens with zero attached hydrogens (tertiary/aromatic N) is 1. The lowest BCUT2D eigenvalue weighted by Gasteiger charge is -2.19. The van der Waals surface area contributed by atoms with E-state index < -0.39 is 24.3 Å². The third-order valence-corrected chi connectivity index (χ3v) is 3.28. The number of anilines is 1. The molecule has 9 heteroatoms. The van der Waals surface area contributed by atoms with Crippen LogP contribution in [0, 0.1) is 0 Å². The highest BCUT2D eigenvalue weighted by Crippen LogP contribution is 2.42. The maximum atomic E-state index is 12.9. The standard InChI is InChI=1S/C13H13F2N3O4/c1-7(11(19)18-5-4-16-12(18)20)17-8-2-3-9-10(6-8)22-13(14,15)21-9/h2-3,6-7,17H,4-5H2,1H3,(H,16,20). The topological polar surface area (TPSA) is 79.9 Å². The quantitative estimate of drug-likeness (QED) is 0.881. The van der Waals surface area contributed by atoms with Gasteiger partial charge in [0.15, 0.2) is 11.5 Å². The summed E-state index contributed by atoms with van der Waals surface area (Å²) in [7, 11) is 0. The number of alkyl halides is 2. The Labute approximate surface area is 124 Å². The molecule has 1 aromatic rings. The van der Waals surface area contributed by atoms with Crippen molar-refractivity contribution in [3.05, 3.63) is 18.2 Å². The molecular weight excluding hydrogens is 300 g/mol. The third kappa shape index (κ3) is 2.61. The van der Waals surface area contributed by atoms with Crippen molar-refractivity contribution in [3.63, 3.8) is 0 Å². The van der Waals surface area contributed by atoms with Crippen LogP contribution in [0.15, 0.2) is 18.2 Å². The van der Waals surface area contributed by atoms with Crippen LogP contribution in [-0.4, -0.2) is 42.3 Å². The number of hydrogen-bond acceptors (Lipinski definition) is 5. The molecule has 2 N–H and O–H groups in total. The lowest BCUT2D eigenvalue weighted by Crippen LogP contribution is -2.43. The van der Waals surface area contributed by atoms with Gasteiger partial charge in [-0.05, 0) is 19.1 Å². The number of carbonyl (C=O) groups is 2. The summed E-state index contributed by atoms with van der Waals surface area (Å²) in [6.45, 7) is 2.29. The Hall–Kier alpha value is -2.58. The van der Waals surface area contributed by atoms with E-state index in [1.165, 1.54) is 18.2 Å². The zero-order valence-corrected chi connectivity index (χ0v) is 11.6. The van der Waals surface area contributed by atoms with Crippen molar-refractivity contribution in [1.82, 2.24) is 10.2 Å². The van der Waals surface area contributed by atoms with Crippen molar-refractivity contribution < 1.29 is 27.8 Å². The number of carbonyl (C=O) groups excluding carboxylic acids is 2. The van der Waals surface area contributed by atoms with Gasteiger partial charge in [0.1, 0.15) is 6.04 Å². The van der Waals surface area contributed by atoms with Gasteiger partial charge in [-0.25, -0.2) is 4.79 Å². The lowest BCUT2D eigenvalue weighted by atomic mass is 10.2. The summed E-state index contributed by atoms with van der Waals surface area (Å²) >= 11 is 0. The van der Waals surface area contributed by atoms with E-state index >= 15 is 0 Å². The number of nitrogens with one attached hydrogen (secondary N) is 2. The summed E-state index contributed by atoms with van der Waals surface area (Å²) in [6.07, 6.45) is -3.68. The first kappa shape index (κ1) is 14.4. The molecule has 0 bridgehead atoms. The number of urea groups is 1. The van der Waals surface area contributed by atoms with E-state index in [1.54, 1.807) is 6.92 Å². The van der Waals surface area contributed by atoms with Crippen LogP contribution in [0.5, 0.6) is 11.5 Å². The number of rotatable bonds is 3. The molecule has 0 radical (unpaired) electrons. The lowest BCUT2D eigenvalue weighted by molar-refractivity contribution is -0.286. The zero-order valence-electron chi connectivity index (χ0n) is 11.6. The number of amides is 3. The van der Waals surface area contributed by atoms with Crippen LogP contribution in [0.1, 0.15) is 6.92 Å². The zero-order chi connectivity index (χ0) is 15.9. The predicted octanol–water partition coefficient (Wildman–Crippen LogP) is 1.36. The molecule has 118 valence electrons. The fraction of sp³-hybridized carbons (Fsp3) is 0.385. The van der Waals surface area contributed by atoms with E-state index in [0.717, 1.165) is 4.90 Å². The Morgan fingerprint density at radius 1 is 1.41 bits per heavy atom. The molecule has 7 nitrogen and oxygen atoms in total. The van der Waals surface area contributed by atoms with Crippen molar-refractivity contribution in [2.24, 2.45) is 0 Å². The first-order valence-corrected chi connectivity index (χ1v) is 6.61. The summed E-state index contributed by atoms with van der Waals surface area (Å²) in [5, 5.41) is 5.38. The number of ether oxygens (including phenoxy) is 2. The van der Waals surface area contributed by atoms with Crippen LogP contribution >= 0.6 is 0 Å². The number of imide groups is 1. The van der Waals surface area contributed by atoms with Crippen LogP contribution < -0.4 is 20.1 Å². The summed E-state index contributed by atoms with van der Waals surface area (Å²) in [4.78, 5) is 24.7. The normalized spacial score (nSPS) is 19.8. The fourth-order valence-electron chi connectivity index (χ4n) is 2.27. The van der Waals surface area contributed by atoms with Crippen LogP contribution in [0.4, 0.5) is 19.3 Å². The molecule has 3 rings (SSSR count). The van der Waals surface area contributed by atoms with Gasteiger partial charge in [0.25, 0.3) is 5.91 Å². The molecule has 3 amide bonds. The van der Waals surface area contributed by atoms with Gasteiger partial charge in [-0.3, -0.25) is 9.69 Å². The summed E-state index contributed by atoms with van der Waals surface area (Å²) in [5.74, 6) is -0.597. The molecule has 1 atom stereocenters. The second kappa shape index (κ2) is 5.00. The highest BCUT2D eigenvalue weighted by atomic mass is 19.3. The third-order valence-electron chi connectivity index (χ3n) is 3.28. The number of benzene rings is 1. The number of halogens is 2. The van der Waals surface area contributed by atoms with Gasteiger partial charge in [-0.2, -0.15) is 0 Å². The highest BCUT2D eigenvalue weighted by molar-refractivity contribution is 5.99. The van der Waals surface area contributed by atoms with Gasteiger partial charge in [0, 0.05) is 24.8 Å². The Morgan fingerprint density at radius 3 is 2.82 bits per heavy atom. The Bertz CT molecular complexity index is 638. The van der Waals surface area contributed by atoms with E-state index in [4.69, 9.17) is 0 Å². The van der Waals surface area contributed by atoms with Crippen LogP contribution in [0.25, 0.3) is 0 Å². The molecule has 22 heavy (non-hydrogen) atoms. The largest absolute Gasteiger partial charge is 0.586 e. The number of hydrogen-bond donors (Lipinski definition) is 2. The Balaban J connectivity index is 1.69. The number of fused-ring (bicyclic) bond motifs is 1. The SMILES string of the molecule is CC(Nc1ccc2c(c1)OC(F)(F)O2)C(=O)N1CCNC1=O. The molecule has 1 fully saturated rings. The van der Waals surface area contributed by atoms with Crippen LogP contribution in [0.2, 0.25) is 0 Å². The van der Waals surface area contributed by atoms with Crippen molar-refractivity contribution >= 4 is 17.6 Å². The fourth-order valence-corrected chi connectivity index (χ4v) is 2.27. The molecule has 1 unspecified atom stereocenters. The van der Waals surface area contributed by atoms with E-state index in [1.807, 2.05) is 0 Å². The molecule has 0 aliphatic carbocycles. The van der Waals surface area contributed by atoms with Gasteiger partial charge in [-0.15, -0.1) is 8.78 Å². The average Bonchev–Trinajstić information content (AvgIpc) is 2.98. The minimum absolute atomic E-state index is 0.0755.